The smallest absolute Gasteiger partial charge is 0.243 e. The summed E-state index contributed by atoms with van der Waals surface area (Å²) >= 11 is 5.87. The molecule has 2 aromatic rings. The molecule has 1 heterocycles. The molecule has 0 saturated carbocycles. The van der Waals surface area contributed by atoms with Gasteiger partial charge in [0, 0.05) is 29.7 Å². The maximum atomic E-state index is 13.0. The fourth-order valence-corrected chi connectivity index (χ4v) is 5.12. The summed E-state index contributed by atoms with van der Waals surface area (Å²) < 4.78 is 27.5. The molecule has 1 aliphatic rings. The zero-order valence-electron chi connectivity index (χ0n) is 15.2. The van der Waals surface area contributed by atoms with Crippen molar-refractivity contribution in [3.05, 3.63) is 59.1 Å². The molecule has 3 rings (SSSR count). The second-order valence-electron chi connectivity index (χ2n) is 6.84. The van der Waals surface area contributed by atoms with Crippen molar-refractivity contribution >= 4 is 33.2 Å². The quantitative estimate of drug-likeness (QED) is 0.808. The van der Waals surface area contributed by atoms with Crippen LogP contribution >= 0.6 is 11.6 Å². The Morgan fingerprint density at radius 2 is 1.78 bits per heavy atom. The molecule has 0 aliphatic carbocycles. The van der Waals surface area contributed by atoms with Crippen molar-refractivity contribution in [2.75, 3.05) is 11.9 Å². The summed E-state index contributed by atoms with van der Waals surface area (Å²) in [5.74, 6) is -0.179. The Morgan fingerprint density at radius 1 is 1.11 bits per heavy atom. The fourth-order valence-electron chi connectivity index (χ4n) is 3.30. The molecule has 0 bridgehead atoms. The van der Waals surface area contributed by atoms with Crippen LogP contribution in [0.15, 0.2) is 53.4 Å². The van der Waals surface area contributed by atoms with Gasteiger partial charge < -0.3 is 5.32 Å². The molecule has 2 aromatic carbocycles. The number of amides is 1. The van der Waals surface area contributed by atoms with E-state index in [2.05, 4.69) is 5.32 Å². The van der Waals surface area contributed by atoms with Crippen LogP contribution < -0.4 is 5.32 Å². The number of benzene rings is 2. The lowest BCUT2D eigenvalue weighted by Gasteiger charge is -2.34. The average Bonchev–Trinajstić information content (AvgIpc) is 2.64. The number of rotatable bonds is 5. The predicted octanol–water partition coefficient (Wildman–Crippen LogP) is 4.22. The summed E-state index contributed by atoms with van der Waals surface area (Å²) in [7, 11) is -3.66. The standard InChI is InChI=1S/C20H23ClN2O3S/c1-15-5-9-17(10-6-15)22-20(24)14-18-4-2-3-13-23(18)27(25,26)19-11-7-16(21)8-12-19/h5-12,18H,2-4,13-14H2,1H3,(H,22,24)/t18-/m1/s1. The van der Waals surface area contributed by atoms with E-state index in [-0.39, 0.29) is 23.3 Å². The number of hydrogen-bond acceptors (Lipinski definition) is 3. The number of carbonyl (C=O) groups excluding carboxylic acids is 1. The average molecular weight is 407 g/mol. The molecule has 1 saturated heterocycles. The summed E-state index contributed by atoms with van der Waals surface area (Å²) in [4.78, 5) is 12.7. The van der Waals surface area contributed by atoms with Crippen molar-refractivity contribution in [1.82, 2.24) is 4.31 Å². The van der Waals surface area contributed by atoms with E-state index in [4.69, 9.17) is 11.6 Å². The highest BCUT2D eigenvalue weighted by Crippen LogP contribution is 2.28. The molecule has 1 atom stereocenters. The van der Waals surface area contributed by atoms with Crippen LogP contribution in [-0.2, 0) is 14.8 Å². The summed E-state index contributed by atoms with van der Waals surface area (Å²) in [6, 6.07) is 13.3. The van der Waals surface area contributed by atoms with Crippen LogP contribution in [0.3, 0.4) is 0 Å². The lowest BCUT2D eigenvalue weighted by Crippen LogP contribution is -2.45. The van der Waals surface area contributed by atoms with Gasteiger partial charge in [-0.05, 0) is 56.2 Å². The topological polar surface area (TPSA) is 66.5 Å². The van der Waals surface area contributed by atoms with Crippen molar-refractivity contribution in [2.24, 2.45) is 0 Å². The first-order chi connectivity index (χ1) is 12.9. The molecule has 5 nitrogen and oxygen atoms in total. The molecule has 0 aromatic heterocycles. The number of hydrogen-bond donors (Lipinski definition) is 1. The minimum absolute atomic E-state index is 0.140. The lowest BCUT2D eigenvalue weighted by atomic mass is 10.0. The largest absolute Gasteiger partial charge is 0.326 e. The number of halogens is 1. The van der Waals surface area contributed by atoms with E-state index in [0.717, 1.165) is 18.4 Å². The lowest BCUT2D eigenvalue weighted by molar-refractivity contribution is -0.117. The third-order valence-corrected chi connectivity index (χ3v) is 6.97. The van der Waals surface area contributed by atoms with Crippen LogP contribution in [0.1, 0.15) is 31.2 Å². The van der Waals surface area contributed by atoms with Crippen LogP contribution in [0.25, 0.3) is 0 Å². The summed E-state index contributed by atoms with van der Waals surface area (Å²) in [5, 5.41) is 3.35. The van der Waals surface area contributed by atoms with E-state index in [1.807, 2.05) is 31.2 Å². The van der Waals surface area contributed by atoms with Gasteiger partial charge in [-0.1, -0.05) is 35.7 Å². The van der Waals surface area contributed by atoms with E-state index in [1.54, 1.807) is 12.1 Å². The van der Waals surface area contributed by atoms with Crippen LogP contribution in [0.2, 0.25) is 5.02 Å². The van der Waals surface area contributed by atoms with Gasteiger partial charge in [-0.2, -0.15) is 4.31 Å². The number of nitrogens with zero attached hydrogens (tertiary/aromatic N) is 1. The number of nitrogens with one attached hydrogen (secondary N) is 1. The van der Waals surface area contributed by atoms with E-state index < -0.39 is 10.0 Å². The second-order valence-corrected chi connectivity index (χ2v) is 9.16. The first kappa shape index (κ1) is 19.9. The molecule has 27 heavy (non-hydrogen) atoms. The highest BCUT2D eigenvalue weighted by Gasteiger charge is 2.34. The highest BCUT2D eigenvalue weighted by molar-refractivity contribution is 7.89. The van der Waals surface area contributed by atoms with Crippen molar-refractivity contribution in [1.29, 1.82) is 0 Å². The first-order valence-electron chi connectivity index (χ1n) is 9.00. The van der Waals surface area contributed by atoms with Gasteiger partial charge in [0.25, 0.3) is 0 Å². The number of aryl methyl sites for hydroxylation is 1. The SMILES string of the molecule is Cc1ccc(NC(=O)C[C@H]2CCCCN2S(=O)(=O)c2ccc(Cl)cc2)cc1. The van der Waals surface area contributed by atoms with E-state index in [0.29, 0.717) is 23.7 Å². The molecule has 7 heteroatoms. The van der Waals surface area contributed by atoms with Crippen molar-refractivity contribution in [3.8, 4) is 0 Å². The van der Waals surface area contributed by atoms with Gasteiger partial charge in [0.05, 0.1) is 4.90 Å². The Hall–Kier alpha value is -1.89. The van der Waals surface area contributed by atoms with Crippen LogP contribution in [0.4, 0.5) is 5.69 Å². The fraction of sp³-hybridized carbons (Fsp3) is 0.350. The van der Waals surface area contributed by atoms with Crippen molar-refractivity contribution in [2.45, 2.75) is 43.5 Å². The number of sulfonamides is 1. The molecule has 0 unspecified atom stereocenters. The predicted molar refractivity (Wildman–Crippen MR) is 107 cm³/mol. The molecule has 0 radical (unpaired) electrons. The van der Waals surface area contributed by atoms with Gasteiger partial charge in [-0.15, -0.1) is 0 Å². The molecule has 144 valence electrons. The zero-order chi connectivity index (χ0) is 19.4. The molecular weight excluding hydrogens is 384 g/mol. The first-order valence-corrected chi connectivity index (χ1v) is 10.8. The van der Waals surface area contributed by atoms with Gasteiger partial charge in [-0.3, -0.25) is 4.79 Å². The molecular formula is C20H23ClN2O3S. The Labute approximate surface area is 165 Å². The van der Waals surface area contributed by atoms with Gasteiger partial charge in [0.15, 0.2) is 0 Å². The minimum atomic E-state index is -3.66. The number of piperidine rings is 1. The third kappa shape index (κ3) is 4.89. The Kier molecular flexibility index (Phi) is 6.19. The summed E-state index contributed by atoms with van der Waals surface area (Å²) in [6.45, 7) is 2.40. The van der Waals surface area contributed by atoms with Crippen molar-refractivity contribution < 1.29 is 13.2 Å². The maximum absolute atomic E-state index is 13.0. The van der Waals surface area contributed by atoms with Crippen molar-refractivity contribution in [3.63, 3.8) is 0 Å². The van der Waals surface area contributed by atoms with Gasteiger partial charge in [0.2, 0.25) is 15.9 Å². The van der Waals surface area contributed by atoms with E-state index in [1.165, 1.54) is 16.4 Å². The van der Waals surface area contributed by atoms with Crippen LogP contribution in [0, 0.1) is 6.92 Å². The molecule has 1 aliphatic heterocycles. The minimum Gasteiger partial charge on any atom is -0.326 e. The van der Waals surface area contributed by atoms with Gasteiger partial charge >= 0.3 is 0 Å². The van der Waals surface area contributed by atoms with Gasteiger partial charge in [0.1, 0.15) is 0 Å². The number of carbonyl (C=O) groups is 1. The normalized spacial score (nSPS) is 18.2. The summed E-state index contributed by atoms with van der Waals surface area (Å²) in [5.41, 5.74) is 1.83. The second kappa shape index (κ2) is 8.42. The number of anilines is 1. The van der Waals surface area contributed by atoms with Gasteiger partial charge in [-0.25, -0.2) is 8.42 Å². The Bertz CT molecular complexity index is 896. The van der Waals surface area contributed by atoms with Crippen LogP contribution in [0.5, 0.6) is 0 Å². The van der Waals surface area contributed by atoms with E-state index in [9.17, 15) is 13.2 Å². The molecule has 0 spiro atoms. The third-order valence-electron chi connectivity index (χ3n) is 4.75. The molecule has 1 N–H and O–H groups in total. The molecule has 1 amide bonds. The van der Waals surface area contributed by atoms with Crippen LogP contribution in [-0.4, -0.2) is 31.2 Å². The summed E-state index contributed by atoms with van der Waals surface area (Å²) in [6.07, 6.45) is 2.52. The monoisotopic (exact) mass is 406 g/mol. The zero-order valence-corrected chi connectivity index (χ0v) is 16.8. The van der Waals surface area contributed by atoms with E-state index >= 15 is 0 Å². The Morgan fingerprint density at radius 3 is 2.44 bits per heavy atom. The Balaban J connectivity index is 1.73. The maximum Gasteiger partial charge on any atom is 0.243 e. The highest BCUT2D eigenvalue weighted by atomic mass is 35.5. The molecule has 1 fully saturated rings.